The number of hydrogen-bond acceptors (Lipinski definition) is 4. The lowest BCUT2D eigenvalue weighted by molar-refractivity contribution is -0.387. The minimum atomic E-state index is -0.919. The summed E-state index contributed by atoms with van der Waals surface area (Å²) in [6, 6.07) is 3.24. The zero-order chi connectivity index (χ0) is 16.8. The van der Waals surface area contributed by atoms with Crippen molar-refractivity contribution in [1.82, 2.24) is 5.32 Å². The van der Waals surface area contributed by atoms with Crippen LogP contribution in [0.5, 0.6) is 0 Å². The SMILES string of the molecule is C[C@H](NC1CCCCCC1)C(=O)Nc1ccc(F)c([N+](=O)[O-])c1. The first-order valence-corrected chi connectivity index (χ1v) is 7.98. The summed E-state index contributed by atoms with van der Waals surface area (Å²) in [5, 5.41) is 16.6. The second-order valence-corrected chi connectivity index (χ2v) is 5.99. The van der Waals surface area contributed by atoms with E-state index in [2.05, 4.69) is 10.6 Å². The Balaban J connectivity index is 1.95. The van der Waals surface area contributed by atoms with Crippen LogP contribution in [0.15, 0.2) is 18.2 Å². The highest BCUT2D eigenvalue weighted by atomic mass is 19.1. The van der Waals surface area contributed by atoms with E-state index in [1.165, 1.54) is 18.9 Å². The number of nitro groups is 1. The van der Waals surface area contributed by atoms with Gasteiger partial charge in [0.2, 0.25) is 11.7 Å². The summed E-state index contributed by atoms with van der Waals surface area (Å²) in [5.74, 6) is -1.20. The number of nitro benzene ring substituents is 1. The van der Waals surface area contributed by atoms with Crippen LogP contribution in [0.25, 0.3) is 0 Å². The molecule has 2 N–H and O–H groups in total. The van der Waals surface area contributed by atoms with Crippen molar-refractivity contribution in [3.63, 3.8) is 0 Å². The van der Waals surface area contributed by atoms with Gasteiger partial charge >= 0.3 is 5.69 Å². The van der Waals surface area contributed by atoms with E-state index in [9.17, 15) is 19.3 Å². The zero-order valence-electron chi connectivity index (χ0n) is 13.2. The molecule has 1 saturated carbocycles. The van der Waals surface area contributed by atoms with Gasteiger partial charge in [0.25, 0.3) is 0 Å². The number of amides is 1. The molecular weight excluding hydrogens is 301 g/mol. The molecule has 1 aliphatic carbocycles. The van der Waals surface area contributed by atoms with Crippen LogP contribution in [-0.2, 0) is 4.79 Å². The molecule has 0 spiro atoms. The lowest BCUT2D eigenvalue weighted by Crippen LogP contribution is -2.43. The van der Waals surface area contributed by atoms with Crippen LogP contribution in [0.1, 0.15) is 45.4 Å². The van der Waals surface area contributed by atoms with Crippen molar-refractivity contribution in [2.45, 2.75) is 57.5 Å². The number of carbonyl (C=O) groups is 1. The van der Waals surface area contributed by atoms with E-state index in [1.807, 2.05) is 0 Å². The van der Waals surface area contributed by atoms with Gasteiger partial charge in [-0.3, -0.25) is 14.9 Å². The van der Waals surface area contributed by atoms with Crippen molar-refractivity contribution in [1.29, 1.82) is 0 Å². The van der Waals surface area contributed by atoms with Gasteiger partial charge in [-0.1, -0.05) is 25.7 Å². The zero-order valence-corrected chi connectivity index (χ0v) is 13.2. The maximum absolute atomic E-state index is 13.3. The fourth-order valence-electron chi connectivity index (χ4n) is 2.86. The molecule has 1 aromatic rings. The van der Waals surface area contributed by atoms with Crippen molar-refractivity contribution >= 4 is 17.3 Å². The van der Waals surface area contributed by atoms with Gasteiger partial charge in [-0.15, -0.1) is 0 Å². The van der Waals surface area contributed by atoms with Gasteiger partial charge in [0.05, 0.1) is 11.0 Å². The number of rotatable bonds is 5. The first kappa shape index (κ1) is 17.3. The first-order valence-electron chi connectivity index (χ1n) is 7.98. The molecule has 0 aromatic heterocycles. The summed E-state index contributed by atoms with van der Waals surface area (Å²) >= 11 is 0. The number of carbonyl (C=O) groups excluding carboxylic acids is 1. The average molecular weight is 323 g/mol. The number of benzene rings is 1. The van der Waals surface area contributed by atoms with Crippen molar-refractivity contribution in [3.8, 4) is 0 Å². The minimum Gasteiger partial charge on any atom is -0.324 e. The number of nitrogens with zero attached hydrogens (tertiary/aromatic N) is 1. The third-order valence-corrected chi connectivity index (χ3v) is 4.14. The molecule has 1 aromatic carbocycles. The predicted octanol–water partition coefficient (Wildman–Crippen LogP) is 3.37. The maximum atomic E-state index is 13.3. The van der Waals surface area contributed by atoms with Crippen molar-refractivity contribution < 1.29 is 14.1 Å². The highest BCUT2D eigenvalue weighted by Gasteiger charge is 2.20. The fraction of sp³-hybridized carbons (Fsp3) is 0.562. The van der Waals surface area contributed by atoms with Crippen LogP contribution >= 0.6 is 0 Å². The molecule has 0 unspecified atom stereocenters. The van der Waals surface area contributed by atoms with E-state index in [4.69, 9.17) is 0 Å². The topological polar surface area (TPSA) is 84.3 Å². The molecule has 126 valence electrons. The Morgan fingerprint density at radius 1 is 1.30 bits per heavy atom. The van der Waals surface area contributed by atoms with Crippen molar-refractivity contribution in [3.05, 3.63) is 34.1 Å². The van der Waals surface area contributed by atoms with E-state index in [-0.39, 0.29) is 11.6 Å². The van der Waals surface area contributed by atoms with Gasteiger partial charge < -0.3 is 10.6 Å². The summed E-state index contributed by atoms with van der Waals surface area (Å²) in [6.07, 6.45) is 6.90. The van der Waals surface area contributed by atoms with E-state index in [0.717, 1.165) is 37.8 Å². The molecule has 1 aliphatic rings. The van der Waals surface area contributed by atoms with Gasteiger partial charge in [0.1, 0.15) is 0 Å². The summed E-state index contributed by atoms with van der Waals surface area (Å²) in [5.41, 5.74) is -0.426. The van der Waals surface area contributed by atoms with Crippen molar-refractivity contribution in [2.24, 2.45) is 0 Å². The fourth-order valence-corrected chi connectivity index (χ4v) is 2.86. The Bertz CT molecular complexity index is 572. The van der Waals surface area contributed by atoms with Crippen LogP contribution < -0.4 is 10.6 Å². The maximum Gasteiger partial charge on any atom is 0.306 e. The first-order chi connectivity index (χ1) is 11.0. The van der Waals surface area contributed by atoms with E-state index in [0.29, 0.717) is 6.04 Å². The molecule has 1 fully saturated rings. The predicted molar refractivity (Wildman–Crippen MR) is 85.8 cm³/mol. The van der Waals surface area contributed by atoms with Crippen LogP contribution in [0, 0.1) is 15.9 Å². The summed E-state index contributed by atoms with van der Waals surface area (Å²) in [4.78, 5) is 22.1. The normalized spacial score (nSPS) is 17.3. The van der Waals surface area contributed by atoms with E-state index >= 15 is 0 Å². The van der Waals surface area contributed by atoms with Gasteiger partial charge in [0.15, 0.2) is 0 Å². The Morgan fingerprint density at radius 3 is 2.57 bits per heavy atom. The number of halogens is 1. The van der Waals surface area contributed by atoms with Crippen LogP contribution in [0.4, 0.5) is 15.8 Å². The lowest BCUT2D eigenvalue weighted by atomic mass is 10.1. The Kier molecular flexibility index (Phi) is 6.04. The molecule has 1 atom stereocenters. The van der Waals surface area contributed by atoms with Crippen LogP contribution in [-0.4, -0.2) is 22.9 Å². The van der Waals surface area contributed by atoms with Crippen LogP contribution in [0.3, 0.4) is 0 Å². The number of hydrogen-bond donors (Lipinski definition) is 2. The number of anilines is 1. The molecule has 0 heterocycles. The summed E-state index contributed by atoms with van der Waals surface area (Å²) < 4.78 is 13.3. The molecule has 0 aliphatic heterocycles. The van der Waals surface area contributed by atoms with Gasteiger partial charge in [0, 0.05) is 17.8 Å². The molecule has 7 heteroatoms. The second kappa shape index (κ2) is 8.01. The molecule has 23 heavy (non-hydrogen) atoms. The van der Waals surface area contributed by atoms with Gasteiger partial charge in [-0.25, -0.2) is 0 Å². The Labute approximate surface area is 134 Å². The molecule has 0 radical (unpaired) electrons. The third-order valence-electron chi connectivity index (χ3n) is 4.14. The van der Waals surface area contributed by atoms with Gasteiger partial charge in [-0.2, -0.15) is 4.39 Å². The Hall–Kier alpha value is -2.02. The van der Waals surface area contributed by atoms with E-state index < -0.39 is 22.5 Å². The minimum absolute atomic E-state index is 0.220. The molecule has 2 rings (SSSR count). The molecule has 0 saturated heterocycles. The highest BCUT2D eigenvalue weighted by molar-refractivity contribution is 5.94. The number of nitrogens with one attached hydrogen (secondary N) is 2. The van der Waals surface area contributed by atoms with Crippen LogP contribution in [0.2, 0.25) is 0 Å². The summed E-state index contributed by atoms with van der Waals surface area (Å²) in [7, 11) is 0. The summed E-state index contributed by atoms with van der Waals surface area (Å²) in [6.45, 7) is 1.76. The standard InChI is InChI=1S/C16H22FN3O3/c1-11(18-12-6-4-2-3-5-7-12)16(21)19-13-8-9-14(17)15(10-13)20(22)23/h8-12,18H,2-7H2,1H3,(H,19,21)/t11-/m0/s1. The largest absolute Gasteiger partial charge is 0.324 e. The van der Waals surface area contributed by atoms with Gasteiger partial charge in [-0.05, 0) is 31.9 Å². The Morgan fingerprint density at radius 2 is 1.96 bits per heavy atom. The third kappa shape index (κ3) is 4.99. The van der Waals surface area contributed by atoms with E-state index in [1.54, 1.807) is 6.92 Å². The molecular formula is C16H22FN3O3. The monoisotopic (exact) mass is 323 g/mol. The average Bonchev–Trinajstić information content (AvgIpc) is 2.77. The van der Waals surface area contributed by atoms with Crippen molar-refractivity contribution in [2.75, 3.05) is 5.32 Å². The second-order valence-electron chi connectivity index (χ2n) is 5.99. The molecule has 1 amide bonds. The molecule has 6 nitrogen and oxygen atoms in total. The lowest BCUT2D eigenvalue weighted by Gasteiger charge is -2.21. The smallest absolute Gasteiger partial charge is 0.306 e. The quantitative estimate of drug-likeness (QED) is 0.494. The molecule has 0 bridgehead atoms. The highest BCUT2D eigenvalue weighted by Crippen LogP contribution is 2.22.